The zero-order valence-corrected chi connectivity index (χ0v) is 19.4. The second kappa shape index (κ2) is 10.4. The van der Waals surface area contributed by atoms with Gasteiger partial charge in [-0.05, 0) is 29.8 Å². The standard InChI is InChI=1S/C25H23ClN2O6/c1-31-20-14-19(28-25(30)16-6-4-3-5-7-16)21(32-2)13-18(20)27-23(29)12-15-10-17(26)24-22(11-15)33-8-9-34-24/h3-7,10-11,13-14H,8-9,12H2,1-2H3,(H,27,29)(H,28,30). The van der Waals surface area contributed by atoms with Crippen molar-refractivity contribution in [3.05, 3.63) is 70.7 Å². The summed E-state index contributed by atoms with van der Waals surface area (Å²) < 4.78 is 22.0. The van der Waals surface area contributed by atoms with Gasteiger partial charge in [0.15, 0.2) is 11.5 Å². The van der Waals surface area contributed by atoms with Gasteiger partial charge in [-0.15, -0.1) is 0 Å². The molecule has 4 rings (SSSR count). The molecular formula is C25H23ClN2O6. The third kappa shape index (κ3) is 5.18. The highest BCUT2D eigenvalue weighted by Crippen LogP contribution is 2.39. The molecule has 0 radical (unpaired) electrons. The Morgan fingerprint density at radius 2 is 1.56 bits per heavy atom. The van der Waals surface area contributed by atoms with Gasteiger partial charge in [0.25, 0.3) is 5.91 Å². The van der Waals surface area contributed by atoms with Crippen LogP contribution in [0.3, 0.4) is 0 Å². The molecule has 1 heterocycles. The fourth-order valence-corrected chi connectivity index (χ4v) is 3.81. The molecule has 0 saturated heterocycles. The number of anilines is 2. The summed E-state index contributed by atoms with van der Waals surface area (Å²) in [7, 11) is 2.95. The molecule has 0 aromatic heterocycles. The second-order valence-corrected chi connectivity index (χ2v) is 7.81. The molecule has 1 aliphatic heterocycles. The summed E-state index contributed by atoms with van der Waals surface area (Å²) in [6.45, 7) is 0.846. The number of ether oxygens (including phenoxy) is 4. The van der Waals surface area contributed by atoms with Gasteiger partial charge in [-0.3, -0.25) is 9.59 Å². The van der Waals surface area contributed by atoms with Crippen molar-refractivity contribution in [1.82, 2.24) is 0 Å². The Morgan fingerprint density at radius 1 is 0.912 bits per heavy atom. The van der Waals surface area contributed by atoms with Crippen LogP contribution in [0.1, 0.15) is 15.9 Å². The molecule has 2 N–H and O–H groups in total. The van der Waals surface area contributed by atoms with E-state index in [9.17, 15) is 9.59 Å². The smallest absolute Gasteiger partial charge is 0.255 e. The zero-order valence-electron chi connectivity index (χ0n) is 18.6. The maximum absolute atomic E-state index is 12.8. The number of methoxy groups -OCH3 is 2. The molecule has 0 aliphatic carbocycles. The van der Waals surface area contributed by atoms with Crippen molar-refractivity contribution in [2.24, 2.45) is 0 Å². The van der Waals surface area contributed by atoms with E-state index in [-0.39, 0.29) is 18.2 Å². The minimum atomic E-state index is -0.298. The zero-order chi connectivity index (χ0) is 24.1. The molecular weight excluding hydrogens is 460 g/mol. The molecule has 2 amide bonds. The topological polar surface area (TPSA) is 95.1 Å². The first kappa shape index (κ1) is 23.3. The Balaban J connectivity index is 1.52. The summed E-state index contributed by atoms with van der Waals surface area (Å²) in [5.74, 6) is 1.12. The number of benzene rings is 3. The van der Waals surface area contributed by atoms with Gasteiger partial charge in [-0.25, -0.2) is 0 Å². The number of amides is 2. The Bertz CT molecular complexity index is 1220. The van der Waals surface area contributed by atoms with E-state index in [2.05, 4.69) is 10.6 Å². The summed E-state index contributed by atoms with van der Waals surface area (Å²) in [5, 5.41) is 6.02. The van der Waals surface area contributed by atoms with Crippen LogP contribution in [0.25, 0.3) is 0 Å². The van der Waals surface area contributed by atoms with E-state index in [1.807, 2.05) is 6.07 Å². The molecule has 176 valence electrons. The molecule has 0 saturated carbocycles. The summed E-state index contributed by atoms with van der Waals surface area (Å²) in [6.07, 6.45) is 0.0499. The van der Waals surface area contributed by atoms with Crippen LogP contribution in [-0.2, 0) is 11.2 Å². The third-order valence-corrected chi connectivity index (χ3v) is 5.38. The first-order chi connectivity index (χ1) is 16.5. The predicted molar refractivity (Wildman–Crippen MR) is 129 cm³/mol. The van der Waals surface area contributed by atoms with Crippen LogP contribution < -0.4 is 29.6 Å². The lowest BCUT2D eigenvalue weighted by molar-refractivity contribution is -0.115. The molecule has 0 fully saturated rings. The number of carbonyl (C=O) groups excluding carboxylic acids is 2. The van der Waals surface area contributed by atoms with Crippen LogP contribution >= 0.6 is 11.6 Å². The van der Waals surface area contributed by atoms with Crippen molar-refractivity contribution in [3.63, 3.8) is 0 Å². The van der Waals surface area contributed by atoms with E-state index >= 15 is 0 Å². The number of rotatable bonds is 7. The highest BCUT2D eigenvalue weighted by molar-refractivity contribution is 6.32. The van der Waals surface area contributed by atoms with Gasteiger partial charge in [0.05, 0.1) is 37.0 Å². The number of hydrogen-bond acceptors (Lipinski definition) is 6. The molecule has 3 aromatic carbocycles. The molecule has 0 spiro atoms. The van der Waals surface area contributed by atoms with Crippen LogP contribution in [0, 0.1) is 0 Å². The minimum Gasteiger partial charge on any atom is -0.494 e. The average molecular weight is 483 g/mol. The van der Waals surface area contributed by atoms with Crippen LogP contribution in [0.15, 0.2) is 54.6 Å². The molecule has 1 aliphatic rings. The number of halogens is 1. The van der Waals surface area contributed by atoms with E-state index in [0.29, 0.717) is 63.7 Å². The maximum atomic E-state index is 12.8. The number of nitrogens with one attached hydrogen (secondary N) is 2. The Morgan fingerprint density at radius 3 is 2.24 bits per heavy atom. The van der Waals surface area contributed by atoms with E-state index < -0.39 is 0 Å². The van der Waals surface area contributed by atoms with Gasteiger partial charge >= 0.3 is 0 Å². The summed E-state index contributed by atoms with van der Waals surface area (Å²) >= 11 is 6.27. The van der Waals surface area contributed by atoms with Crippen molar-refractivity contribution in [2.45, 2.75) is 6.42 Å². The normalized spacial score (nSPS) is 12.0. The van der Waals surface area contributed by atoms with E-state index in [4.69, 9.17) is 30.5 Å². The van der Waals surface area contributed by atoms with Gasteiger partial charge in [0, 0.05) is 17.7 Å². The highest BCUT2D eigenvalue weighted by Gasteiger charge is 2.19. The van der Waals surface area contributed by atoms with Gasteiger partial charge in [0.2, 0.25) is 5.91 Å². The Hall–Kier alpha value is -3.91. The van der Waals surface area contributed by atoms with Crippen molar-refractivity contribution in [2.75, 3.05) is 38.1 Å². The largest absolute Gasteiger partial charge is 0.494 e. The SMILES string of the molecule is COc1cc(NC(=O)c2ccccc2)c(OC)cc1NC(=O)Cc1cc(Cl)c2c(c1)OCCO2. The average Bonchev–Trinajstić information content (AvgIpc) is 2.85. The lowest BCUT2D eigenvalue weighted by atomic mass is 10.1. The fraction of sp³-hybridized carbons (Fsp3) is 0.200. The van der Waals surface area contributed by atoms with E-state index in [0.717, 1.165) is 0 Å². The van der Waals surface area contributed by atoms with Crippen molar-refractivity contribution in [1.29, 1.82) is 0 Å². The maximum Gasteiger partial charge on any atom is 0.255 e. The van der Waals surface area contributed by atoms with Crippen LogP contribution in [0.5, 0.6) is 23.0 Å². The van der Waals surface area contributed by atoms with Crippen molar-refractivity contribution < 1.29 is 28.5 Å². The lowest BCUT2D eigenvalue weighted by Crippen LogP contribution is -2.18. The molecule has 0 bridgehead atoms. The van der Waals surface area contributed by atoms with Crippen LogP contribution in [0.4, 0.5) is 11.4 Å². The number of fused-ring (bicyclic) bond motifs is 1. The molecule has 8 nitrogen and oxygen atoms in total. The predicted octanol–water partition coefficient (Wildman–Crippen LogP) is 4.56. The van der Waals surface area contributed by atoms with Crippen molar-refractivity contribution in [3.8, 4) is 23.0 Å². The number of carbonyl (C=O) groups is 2. The van der Waals surface area contributed by atoms with E-state index in [1.54, 1.807) is 48.5 Å². The highest BCUT2D eigenvalue weighted by atomic mass is 35.5. The van der Waals surface area contributed by atoms with Gasteiger partial charge < -0.3 is 29.6 Å². The minimum absolute atomic E-state index is 0.0499. The quantitative estimate of drug-likeness (QED) is 0.512. The first-order valence-electron chi connectivity index (χ1n) is 10.5. The van der Waals surface area contributed by atoms with Gasteiger partial charge in [-0.2, -0.15) is 0 Å². The summed E-state index contributed by atoms with van der Waals surface area (Å²) in [4.78, 5) is 25.4. The first-order valence-corrected chi connectivity index (χ1v) is 10.9. The molecule has 0 unspecified atom stereocenters. The molecule has 9 heteroatoms. The monoisotopic (exact) mass is 482 g/mol. The third-order valence-electron chi connectivity index (χ3n) is 5.10. The Labute approximate surface area is 201 Å². The molecule has 0 atom stereocenters. The van der Waals surface area contributed by atoms with Crippen molar-refractivity contribution >= 4 is 34.8 Å². The second-order valence-electron chi connectivity index (χ2n) is 7.40. The van der Waals surface area contributed by atoms with E-state index in [1.165, 1.54) is 14.2 Å². The van der Waals surface area contributed by atoms with Crippen LogP contribution in [-0.4, -0.2) is 39.2 Å². The molecule has 3 aromatic rings. The summed E-state index contributed by atoms with van der Waals surface area (Å²) in [5.41, 5.74) is 1.97. The Kier molecular flexibility index (Phi) is 7.08. The lowest BCUT2D eigenvalue weighted by Gasteiger charge is -2.20. The summed E-state index contributed by atoms with van der Waals surface area (Å²) in [6, 6.07) is 15.4. The van der Waals surface area contributed by atoms with Gasteiger partial charge in [0.1, 0.15) is 24.7 Å². The fourth-order valence-electron chi connectivity index (χ4n) is 3.52. The molecule has 34 heavy (non-hydrogen) atoms. The number of hydrogen-bond donors (Lipinski definition) is 2. The van der Waals surface area contributed by atoms with Crippen LogP contribution in [0.2, 0.25) is 5.02 Å². The van der Waals surface area contributed by atoms with Gasteiger partial charge in [-0.1, -0.05) is 29.8 Å².